The van der Waals surface area contributed by atoms with Crippen molar-refractivity contribution < 1.29 is 0 Å². The Hall–Kier alpha value is -1.44. The van der Waals surface area contributed by atoms with Gasteiger partial charge in [-0.1, -0.05) is 0 Å². The number of hydrazine groups is 1. The average molecular weight is 190 g/mol. The van der Waals surface area contributed by atoms with Crippen molar-refractivity contribution in [2.24, 2.45) is 5.84 Å². The summed E-state index contributed by atoms with van der Waals surface area (Å²) in [6.45, 7) is 3.70. The van der Waals surface area contributed by atoms with E-state index in [-0.39, 0.29) is 6.04 Å². The Morgan fingerprint density at radius 1 is 1.50 bits per heavy atom. The smallest absolute Gasteiger partial charge is 0.0779 e. The lowest BCUT2D eigenvalue weighted by molar-refractivity contribution is 0.551. The molecule has 1 rings (SSSR count). The van der Waals surface area contributed by atoms with E-state index in [1.54, 1.807) is 19.3 Å². The summed E-state index contributed by atoms with van der Waals surface area (Å²) in [7, 11) is 0. The second kappa shape index (κ2) is 5.32. The number of nitrogens with two attached hydrogens (primary N) is 1. The van der Waals surface area contributed by atoms with Gasteiger partial charge in [0.1, 0.15) is 0 Å². The quantitative estimate of drug-likeness (QED) is 0.418. The van der Waals surface area contributed by atoms with Crippen LogP contribution in [0.2, 0.25) is 0 Å². The van der Waals surface area contributed by atoms with Gasteiger partial charge in [0.05, 0.1) is 23.6 Å². The molecule has 4 nitrogen and oxygen atoms in total. The summed E-state index contributed by atoms with van der Waals surface area (Å²) in [6.07, 6.45) is 4.08. The van der Waals surface area contributed by atoms with E-state index in [1.165, 1.54) is 0 Å². The molecule has 1 atom stereocenters. The first kappa shape index (κ1) is 10.6. The predicted molar refractivity (Wildman–Crippen MR) is 54.9 cm³/mol. The topological polar surface area (TPSA) is 63.8 Å². The van der Waals surface area contributed by atoms with Crippen LogP contribution in [0.3, 0.4) is 0 Å². The average Bonchev–Trinajstić information content (AvgIpc) is 2.21. The minimum absolute atomic E-state index is 0.0458. The van der Waals surface area contributed by atoms with Gasteiger partial charge in [-0.15, -0.1) is 11.8 Å². The summed E-state index contributed by atoms with van der Waals surface area (Å²) in [5.41, 5.74) is 4.38. The fourth-order valence-corrected chi connectivity index (χ4v) is 1.04. The Morgan fingerprint density at radius 2 is 2.29 bits per heavy atom. The SMILES string of the molecule is CC#CCC(NN)c1cnc(C)cn1. The zero-order valence-corrected chi connectivity index (χ0v) is 8.41. The van der Waals surface area contributed by atoms with E-state index in [9.17, 15) is 0 Å². The van der Waals surface area contributed by atoms with Crippen LogP contribution in [0.4, 0.5) is 0 Å². The molecule has 1 aromatic heterocycles. The molecule has 1 heterocycles. The van der Waals surface area contributed by atoms with Gasteiger partial charge in [-0.25, -0.2) is 0 Å². The van der Waals surface area contributed by atoms with Crippen molar-refractivity contribution in [3.8, 4) is 11.8 Å². The maximum Gasteiger partial charge on any atom is 0.0779 e. The van der Waals surface area contributed by atoms with Crippen LogP contribution in [0.25, 0.3) is 0 Å². The van der Waals surface area contributed by atoms with Gasteiger partial charge in [-0.3, -0.25) is 21.2 Å². The third kappa shape index (κ3) is 2.80. The van der Waals surface area contributed by atoms with Crippen molar-refractivity contribution in [2.75, 3.05) is 0 Å². The largest absolute Gasteiger partial charge is 0.271 e. The lowest BCUT2D eigenvalue weighted by atomic mass is 10.1. The molecule has 0 radical (unpaired) electrons. The summed E-state index contributed by atoms with van der Waals surface area (Å²) >= 11 is 0. The molecule has 0 aliphatic rings. The molecule has 0 fully saturated rings. The summed E-state index contributed by atoms with van der Waals surface area (Å²) < 4.78 is 0. The zero-order chi connectivity index (χ0) is 10.4. The highest BCUT2D eigenvalue weighted by Gasteiger charge is 2.09. The molecular formula is C10H14N4. The van der Waals surface area contributed by atoms with E-state index in [2.05, 4.69) is 27.2 Å². The van der Waals surface area contributed by atoms with Crippen molar-refractivity contribution in [1.29, 1.82) is 0 Å². The minimum Gasteiger partial charge on any atom is -0.271 e. The molecule has 0 aliphatic heterocycles. The van der Waals surface area contributed by atoms with Gasteiger partial charge in [0, 0.05) is 12.6 Å². The van der Waals surface area contributed by atoms with Gasteiger partial charge in [0.15, 0.2) is 0 Å². The van der Waals surface area contributed by atoms with Crippen LogP contribution < -0.4 is 11.3 Å². The molecule has 1 unspecified atom stereocenters. The van der Waals surface area contributed by atoms with Gasteiger partial charge >= 0.3 is 0 Å². The van der Waals surface area contributed by atoms with Gasteiger partial charge < -0.3 is 0 Å². The second-order valence-corrected chi connectivity index (χ2v) is 2.93. The molecule has 0 aromatic carbocycles. The first-order valence-corrected chi connectivity index (χ1v) is 4.42. The van der Waals surface area contributed by atoms with E-state index >= 15 is 0 Å². The predicted octanol–water partition coefficient (Wildman–Crippen LogP) is 0.703. The van der Waals surface area contributed by atoms with E-state index < -0.39 is 0 Å². The van der Waals surface area contributed by atoms with Gasteiger partial charge in [-0.05, 0) is 13.8 Å². The molecule has 0 amide bonds. The lowest BCUT2D eigenvalue weighted by Gasteiger charge is -2.11. The Balaban J connectivity index is 2.76. The molecule has 1 aromatic rings. The maximum atomic E-state index is 5.40. The van der Waals surface area contributed by atoms with E-state index in [0.29, 0.717) is 6.42 Å². The molecule has 0 saturated heterocycles. The zero-order valence-electron chi connectivity index (χ0n) is 8.41. The van der Waals surface area contributed by atoms with Crippen molar-refractivity contribution in [3.63, 3.8) is 0 Å². The van der Waals surface area contributed by atoms with Crippen LogP contribution in [0.5, 0.6) is 0 Å². The number of nitrogens with zero attached hydrogens (tertiary/aromatic N) is 2. The van der Waals surface area contributed by atoms with Crippen LogP contribution in [0.1, 0.15) is 30.8 Å². The highest BCUT2D eigenvalue weighted by atomic mass is 15.2. The summed E-state index contributed by atoms with van der Waals surface area (Å²) in [4.78, 5) is 8.38. The Bertz CT molecular complexity index is 333. The molecule has 14 heavy (non-hydrogen) atoms. The summed E-state index contributed by atoms with van der Waals surface area (Å²) in [5.74, 6) is 11.2. The van der Waals surface area contributed by atoms with Crippen molar-refractivity contribution >= 4 is 0 Å². The summed E-state index contributed by atoms with van der Waals surface area (Å²) in [5, 5.41) is 0. The van der Waals surface area contributed by atoms with Gasteiger partial charge in [0.2, 0.25) is 0 Å². The maximum absolute atomic E-state index is 5.40. The third-order valence-electron chi connectivity index (χ3n) is 1.84. The Morgan fingerprint density at radius 3 is 2.79 bits per heavy atom. The molecule has 4 heteroatoms. The van der Waals surface area contributed by atoms with Crippen molar-refractivity contribution in [1.82, 2.24) is 15.4 Å². The highest BCUT2D eigenvalue weighted by Crippen LogP contribution is 2.10. The number of nitrogens with one attached hydrogen (secondary N) is 1. The first-order valence-electron chi connectivity index (χ1n) is 4.42. The Labute approximate surface area is 83.9 Å². The number of hydrogen-bond acceptors (Lipinski definition) is 4. The van der Waals surface area contributed by atoms with Crippen molar-refractivity contribution in [3.05, 3.63) is 23.8 Å². The molecule has 0 saturated carbocycles. The highest BCUT2D eigenvalue weighted by molar-refractivity contribution is 5.09. The van der Waals surface area contributed by atoms with Crippen molar-refractivity contribution in [2.45, 2.75) is 26.3 Å². The number of rotatable bonds is 3. The van der Waals surface area contributed by atoms with Gasteiger partial charge in [0.25, 0.3) is 0 Å². The van der Waals surface area contributed by atoms with E-state index in [0.717, 1.165) is 11.4 Å². The number of hydrogen-bond donors (Lipinski definition) is 2. The number of aryl methyl sites for hydroxylation is 1. The second-order valence-electron chi connectivity index (χ2n) is 2.93. The molecule has 0 aliphatic carbocycles. The minimum atomic E-state index is -0.0458. The van der Waals surface area contributed by atoms with E-state index in [1.807, 2.05) is 6.92 Å². The van der Waals surface area contributed by atoms with Crippen LogP contribution in [-0.4, -0.2) is 9.97 Å². The summed E-state index contributed by atoms with van der Waals surface area (Å²) in [6, 6.07) is -0.0458. The van der Waals surface area contributed by atoms with Gasteiger partial charge in [-0.2, -0.15) is 0 Å². The molecule has 74 valence electrons. The molecule has 0 spiro atoms. The van der Waals surface area contributed by atoms with Crippen LogP contribution in [0, 0.1) is 18.8 Å². The normalized spacial score (nSPS) is 11.6. The fourth-order valence-electron chi connectivity index (χ4n) is 1.04. The molecule has 3 N–H and O–H groups in total. The van der Waals surface area contributed by atoms with Crippen LogP contribution in [-0.2, 0) is 0 Å². The standard InChI is InChI=1S/C10H14N4/c1-3-4-5-9(14-11)10-7-12-8(2)6-13-10/h6-7,9,14H,5,11H2,1-2H3. The Kier molecular flexibility index (Phi) is 4.05. The molecule has 0 bridgehead atoms. The number of aromatic nitrogens is 2. The molecular weight excluding hydrogens is 176 g/mol. The van der Waals surface area contributed by atoms with E-state index in [4.69, 9.17) is 5.84 Å². The third-order valence-corrected chi connectivity index (χ3v) is 1.84. The van der Waals surface area contributed by atoms with Crippen LogP contribution in [0.15, 0.2) is 12.4 Å². The lowest BCUT2D eigenvalue weighted by Crippen LogP contribution is -2.28. The fraction of sp³-hybridized carbons (Fsp3) is 0.400. The first-order chi connectivity index (χ1) is 6.77. The van der Waals surface area contributed by atoms with Crippen LogP contribution >= 0.6 is 0 Å². The monoisotopic (exact) mass is 190 g/mol.